The molecule has 1 N–H and O–H groups in total. The predicted octanol–water partition coefficient (Wildman–Crippen LogP) is 4.41. The van der Waals surface area contributed by atoms with E-state index < -0.39 is 17.6 Å². The number of ether oxygens (including phenoxy) is 5. The summed E-state index contributed by atoms with van der Waals surface area (Å²) < 4.78 is 65.3. The molecular weight excluding hydrogens is 431 g/mol. The van der Waals surface area contributed by atoms with Gasteiger partial charge in [0.1, 0.15) is 12.4 Å². The molecule has 32 heavy (non-hydrogen) atoms. The average molecular weight is 455 g/mol. The minimum absolute atomic E-state index is 0.0876. The van der Waals surface area contributed by atoms with E-state index in [1.165, 1.54) is 40.6 Å². The van der Waals surface area contributed by atoms with E-state index in [0.29, 0.717) is 22.8 Å². The maximum absolute atomic E-state index is 13.1. The van der Waals surface area contributed by atoms with Crippen molar-refractivity contribution in [3.05, 3.63) is 47.5 Å². The Hall–Kier alpha value is -3.40. The number of rotatable bonds is 10. The molecule has 0 aliphatic rings. The van der Waals surface area contributed by atoms with Gasteiger partial charge in [0, 0.05) is 13.2 Å². The number of amides is 1. The molecule has 0 radical (unpaired) electrons. The lowest BCUT2D eigenvalue weighted by molar-refractivity contribution is -0.137. The van der Waals surface area contributed by atoms with Crippen molar-refractivity contribution in [2.24, 2.45) is 0 Å². The molecule has 0 aliphatic heterocycles. The Morgan fingerprint density at radius 2 is 1.59 bits per heavy atom. The summed E-state index contributed by atoms with van der Waals surface area (Å²) in [6, 6.07) is 6.08. The molecular formula is C22H24F3NO6. The van der Waals surface area contributed by atoms with Gasteiger partial charge in [-0.3, -0.25) is 4.79 Å². The van der Waals surface area contributed by atoms with Gasteiger partial charge in [-0.15, -0.1) is 0 Å². The van der Waals surface area contributed by atoms with Crippen LogP contribution in [-0.4, -0.2) is 47.6 Å². The van der Waals surface area contributed by atoms with Crippen LogP contribution in [0, 0.1) is 0 Å². The summed E-state index contributed by atoms with van der Waals surface area (Å²) in [5, 5.41) is 2.42. The Morgan fingerprint density at radius 1 is 0.938 bits per heavy atom. The summed E-state index contributed by atoms with van der Waals surface area (Å²) in [5.74, 6) is 0.593. The number of hydrogen-bond donors (Lipinski definition) is 1. The van der Waals surface area contributed by atoms with Crippen LogP contribution in [0.15, 0.2) is 36.4 Å². The maximum atomic E-state index is 13.1. The van der Waals surface area contributed by atoms with Gasteiger partial charge in [0.05, 0.1) is 39.2 Å². The van der Waals surface area contributed by atoms with Gasteiger partial charge in [0.2, 0.25) is 11.7 Å². The van der Waals surface area contributed by atoms with Gasteiger partial charge in [-0.1, -0.05) is 0 Å². The van der Waals surface area contributed by atoms with Crippen LogP contribution in [0.4, 0.5) is 18.9 Å². The monoisotopic (exact) mass is 455 g/mol. The highest BCUT2D eigenvalue weighted by Gasteiger charge is 2.31. The van der Waals surface area contributed by atoms with Crippen molar-refractivity contribution >= 4 is 17.7 Å². The molecule has 0 spiro atoms. The normalized spacial score (nSPS) is 11.3. The second-order valence-corrected chi connectivity index (χ2v) is 6.33. The minimum atomic E-state index is -4.57. The average Bonchev–Trinajstić information content (AvgIpc) is 2.77. The van der Waals surface area contributed by atoms with Crippen LogP contribution in [0.25, 0.3) is 6.08 Å². The van der Waals surface area contributed by atoms with Crippen molar-refractivity contribution in [1.29, 1.82) is 0 Å². The van der Waals surface area contributed by atoms with Crippen LogP contribution < -0.4 is 24.3 Å². The van der Waals surface area contributed by atoms with Gasteiger partial charge in [0.25, 0.3) is 0 Å². The van der Waals surface area contributed by atoms with Crippen molar-refractivity contribution in [3.8, 4) is 23.0 Å². The summed E-state index contributed by atoms with van der Waals surface area (Å²) in [6.07, 6.45) is -1.95. The van der Waals surface area contributed by atoms with Crippen LogP contribution in [0.5, 0.6) is 23.0 Å². The van der Waals surface area contributed by atoms with E-state index in [-0.39, 0.29) is 24.7 Å². The molecule has 0 fully saturated rings. The van der Waals surface area contributed by atoms with Crippen molar-refractivity contribution in [3.63, 3.8) is 0 Å². The van der Waals surface area contributed by atoms with Gasteiger partial charge in [0.15, 0.2) is 11.5 Å². The molecule has 0 heterocycles. The van der Waals surface area contributed by atoms with E-state index in [2.05, 4.69) is 5.32 Å². The molecule has 2 aromatic rings. The zero-order chi connectivity index (χ0) is 23.7. The number of benzene rings is 2. The van der Waals surface area contributed by atoms with E-state index in [4.69, 9.17) is 23.7 Å². The van der Waals surface area contributed by atoms with E-state index in [0.717, 1.165) is 18.2 Å². The molecule has 0 atom stereocenters. The summed E-state index contributed by atoms with van der Waals surface area (Å²) in [4.78, 5) is 12.4. The number of carbonyl (C=O) groups excluding carboxylic acids is 1. The first-order valence-electron chi connectivity index (χ1n) is 9.35. The summed E-state index contributed by atoms with van der Waals surface area (Å²) >= 11 is 0. The Kier molecular flexibility index (Phi) is 8.77. The zero-order valence-electron chi connectivity index (χ0n) is 18.0. The number of anilines is 1. The second-order valence-electron chi connectivity index (χ2n) is 6.33. The smallest absolute Gasteiger partial charge is 0.416 e. The predicted molar refractivity (Wildman–Crippen MR) is 113 cm³/mol. The first kappa shape index (κ1) is 24.9. The third-order valence-corrected chi connectivity index (χ3v) is 4.22. The SMILES string of the molecule is COCCOc1ccc(C(F)(F)F)cc1NC(=O)C=Cc1cc(OC)c(OC)c(OC)c1. The van der Waals surface area contributed by atoms with Crippen molar-refractivity contribution in [2.75, 3.05) is 47.0 Å². The largest absolute Gasteiger partial charge is 0.493 e. The summed E-state index contributed by atoms with van der Waals surface area (Å²) in [7, 11) is 5.84. The lowest BCUT2D eigenvalue weighted by Gasteiger charge is -2.15. The highest BCUT2D eigenvalue weighted by molar-refractivity contribution is 6.03. The Balaban J connectivity index is 2.27. The Labute approximate surface area is 183 Å². The molecule has 0 aliphatic carbocycles. The van der Waals surface area contributed by atoms with E-state index in [1.807, 2.05) is 0 Å². The lowest BCUT2D eigenvalue weighted by atomic mass is 10.1. The van der Waals surface area contributed by atoms with E-state index in [1.54, 1.807) is 12.1 Å². The fraction of sp³-hybridized carbons (Fsp3) is 0.318. The first-order valence-corrected chi connectivity index (χ1v) is 9.35. The molecule has 2 rings (SSSR count). The lowest BCUT2D eigenvalue weighted by Crippen LogP contribution is -2.13. The van der Waals surface area contributed by atoms with Gasteiger partial charge < -0.3 is 29.0 Å². The Bertz CT molecular complexity index is 934. The standard InChI is InChI=1S/C22H24F3NO6/c1-28-9-10-32-17-7-6-15(22(23,24)25)13-16(17)26-20(27)8-5-14-11-18(29-2)21(31-4)19(12-14)30-3/h5-8,11-13H,9-10H2,1-4H3,(H,26,27). The van der Waals surface area contributed by atoms with E-state index in [9.17, 15) is 18.0 Å². The number of halogens is 3. The molecule has 1 amide bonds. The molecule has 0 bridgehead atoms. The van der Waals surface area contributed by atoms with Crippen molar-refractivity contribution in [1.82, 2.24) is 0 Å². The number of alkyl halides is 3. The van der Waals surface area contributed by atoms with Crippen LogP contribution >= 0.6 is 0 Å². The molecule has 7 nitrogen and oxygen atoms in total. The fourth-order valence-corrected chi connectivity index (χ4v) is 2.71. The second kappa shape index (κ2) is 11.3. The van der Waals surface area contributed by atoms with Gasteiger partial charge in [-0.2, -0.15) is 13.2 Å². The first-order chi connectivity index (χ1) is 15.2. The molecule has 0 saturated carbocycles. The molecule has 0 saturated heterocycles. The number of methoxy groups -OCH3 is 4. The molecule has 0 unspecified atom stereocenters. The van der Waals surface area contributed by atoms with Gasteiger partial charge in [-0.05, 0) is 42.0 Å². The van der Waals surface area contributed by atoms with Crippen LogP contribution in [0.1, 0.15) is 11.1 Å². The van der Waals surface area contributed by atoms with Gasteiger partial charge in [-0.25, -0.2) is 0 Å². The van der Waals surface area contributed by atoms with Crippen molar-refractivity contribution < 1.29 is 41.7 Å². The number of hydrogen-bond acceptors (Lipinski definition) is 6. The Morgan fingerprint density at radius 3 is 2.12 bits per heavy atom. The summed E-state index contributed by atoms with van der Waals surface area (Å²) in [6.45, 7) is 0.335. The van der Waals surface area contributed by atoms with E-state index >= 15 is 0 Å². The summed E-state index contributed by atoms with van der Waals surface area (Å²) in [5.41, 5.74) is -0.480. The van der Waals surface area contributed by atoms with Crippen LogP contribution in [0.3, 0.4) is 0 Å². The van der Waals surface area contributed by atoms with Crippen molar-refractivity contribution in [2.45, 2.75) is 6.18 Å². The zero-order valence-corrected chi connectivity index (χ0v) is 18.0. The van der Waals surface area contributed by atoms with Gasteiger partial charge >= 0.3 is 6.18 Å². The maximum Gasteiger partial charge on any atom is 0.416 e. The third kappa shape index (κ3) is 6.55. The molecule has 2 aromatic carbocycles. The topological polar surface area (TPSA) is 75.3 Å². The molecule has 0 aromatic heterocycles. The molecule has 10 heteroatoms. The fourth-order valence-electron chi connectivity index (χ4n) is 2.71. The third-order valence-electron chi connectivity index (χ3n) is 4.22. The number of nitrogens with one attached hydrogen (secondary N) is 1. The quantitative estimate of drug-likeness (QED) is 0.423. The minimum Gasteiger partial charge on any atom is -0.493 e. The number of carbonyl (C=O) groups is 1. The highest BCUT2D eigenvalue weighted by atomic mass is 19.4. The van der Waals surface area contributed by atoms with Crippen LogP contribution in [0.2, 0.25) is 0 Å². The highest BCUT2D eigenvalue weighted by Crippen LogP contribution is 2.38. The molecule has 174 valence electrons. The van der Waals surface area contributed by atoms with Crippen LogP contribution in [-0.2, 0) is 15.7 Å².